The minimum Gasteiger partial charge on any atom is -0.505 e. The summed E-state index contributed by atoms with van der Waals surface area (Å²) < 4.78 is 0. The molecule has 156 valence electrons. The molecule has 0 saturated carbocycles. The molecule has 1 aromatic heterocycles. The number of fused-ring (bicyclic) bond motifs is 1. The van der Waals surface area contributed by atoms with Crippen LogP contribution in [0, 0.1) is 0 Å². The predicted molar refractivity (Wildman–Crippen MR) is 121 cm³/mol. The minimum atomic E-state index is -0.163. The molecule has 4 aromatic rings. The van der Waals surface area contributed by atoms with Gasteiger partial charge in [0, 0.05) is 17.7 Å². The van der Waals surface area contributed by atoms with Crippen molar-refractivity contribution in [1.29, 1.82) is 0 Å². The first-order chi connectivity index (χ1) is 15.1. The van der Waals surface area contributed by atoms with Gasteiger partial charge in [-0.05, 0) is 60.4 Å². The first-order valence-electron chi connectivity index (χ1n) is 10.2. The van der Waals surface area contributed by atoms with E-state index in [0.29, 0.717) is 23.2 Å². The third kappa shape index (κ3) is 4.39. The fourth-order valence-corrected chi connectivity index (χ4v) is 3.41. The van der Waals surface area contributed by atoms with Crippen molar-refractivity contribution in [3.05, 3.63) is 89.0 Å². The van der Waals surface area contributed by atoms with Crippen LogP contribution in [0.1, 0.15) is 34.0 Å². The van der Waals surface area contributed by atoms with Crippen molar-refractivity contribution in [2.45, 2.75) is 19.8 Å². The monoisotopic (exact) mass is 413 g/mol. The van der Waals surface area contributed by atoms with Crippen LogP contribution >= 0.6 is 0 Å². The predicted octanol–water partition coefficient (Wildman–Crippen LogP) is 4.12. The molecule has 4 rings (SSSR count). The van der Waals surface area contributed by atoms with Crippen LogP contribution in [-0.4, -0.2) is 37.6 Å². The molecule has 0 fully saturated rings. The van der Waals surface area contributed by atoms with Crippen LogP contribution < -0.4 is 0 Å². The van der Waals surface area contributed by atoms with Crippen LogP contribution in [0.3, 0.4) is 0 Å². The van der Waals surface area contributed by atoms with Gasteiger partial charge >= 0.3 is 0 Å². The van der Waals surface area contributed by atoms with Crippen LogP contribution in [0.4, 0.5) is 0 Å². The third-order valence-electron chi connectivity index (χ3n) is 5.12. The highest BCUT2D eigenvalue weighted by molar-refractivity contribution is 6.07. The average molecular weight is 413 g/mol. The zero-order valence-electron chi connectivity index (χ0n) is 17.2. The largest absolute Gasteiger partial charge is 0.505 e. The van der Waals surface area contributed by atoms with E-state index in [0.717, 1.165) is 28.6 Å². The first-order valence-corrected chi connectivity index (χ1v) is 10.2. The lowest BCUT2D eigenvalue weighted by atomic mass is 10.0. The maximum atomic E-state index is 12.4. The highest BCUT2D eigenvalue weighted by atomic mass is 16.3. The Morgan fingerprint density at radius 3 is 2.52 bits per heavy atom. The summed E-state index contributed by atoms with van der Waals surface area (Å²) in [4.78, 5) is 13.8. The van der Waals surface area contributed by atoms with Crippen molar-refractivity contribution in [1.82, 2.24) is 15.0 Å². The Kier molecular flexibility index (Phi) is 5.91. The number of phenolic OH excluding ortho intramolecular Hbond substituents is 1. The van der Waals surface area contributed by atoms with E-state index in [4.69, 9.17) is 0 Å². The van der Waals surface area contributed by atoms with Gasteiger partial charge in [-0.15, -0.1) is 15.0 Å². The number of carbonyl (C=O) groups is 1. The first kappa shape index (κ1) is 20.5. The van der Waals surface area contributed by atoms with Crippen molar-refractivity contribution >= 4 is 22.9 Å². The summed E-state index contributed by atoms with van der Waals surface area (Å²) in [5.41, 5.74) is 4.84. The Bertz CT molecular complexity index is 1260. The number of ketones is 1. The van der Waals surface area contributed by atoms with Crippen molar-refractivity contribution in [2.24, 2.45) is 0 Å². The number of hydrogen-bond donors (Lipinski definition) is 2. The number of benzene rings is 3. The molecule has 0 aliphatic heterocycles. The number of phenols is 1. The third-order valence-corrected chi connectivity index (χ3v) is 5.12. The number of aryl methyl sites for hydroxylation is 1. The molecular formula is C25H23N3O3. The highest BCUT2D eigenvalue weighted by Gasteiger charge is 2.14. The lowest BCUT2D eigenvalue weighted by Gasteiger charge is -2.10. The zero-order chi connectivity index (χ0) is 21.8. The lowest BCUT2D eigenvalue weighted by Crippen LogP contribution is -2.03. The number of aliphatic hydroxyl groups is 1. The molecule has 0 amide bonds. The van der Waals surface area contributed by atoms with E-state index >= 15 is 0 Å². The summed E-state index contributed by atoms with van der Waals surface area (Å²) >= 11 is 0. The molecule has 6 nitrogen and oxygen atoms in total. The smallest absolute Gasteiger partial charge is 0.185 e. The van der Waals surface area contributed by atoms with E-state index in [1.165, 1.54) is 10.9 Å². The summed E-state index contributed by atoms with van der Waals surface area (Å²) in [5, 5.41) is 29.4. The van der Waals surface area contributed by atoms with Crippen LogP contribution in [0.5, 0.6) is 5.75 Å². The average Bonchev–Trinajstić information content (AvgIpc) is 3.22. The van der Waals surface area contributed by atoms with E-state index in [1.54, 1.807) is 42.5 Å². The van der Waals surface area contributed by atoms with Gasteiger partial charge in [0.25, 0.3) is 0 Å². The molecule has 0 atom stereocenters. The molecule has 0 bridgehead atoms. The second kappa shape index (κ2) is 8.93. The summed E-state index contributed by atoms with van der Waals surface area (Å²) in [7, 11) is 0. The molecule has 0 unspecified atom stereocenters. The molecule has 0 radical (unpaired) electrons. The van der Waals surface area contributed by atoms with Crippen LogP contribution in [0.25, 0.3) is 22.8 Å². The summed E-state index contributed by atoms with van der Waals surface area (Å²) in [6.07, 6.45) is 4.30. The van der Waals surface area contributed by atoms with E-state index in [9.17, 15) is 15.0 Å². The Balaban J connectivity index is 1.75. The molecular weight excluding hydrogens is 390 g/mol. The normalized spacial score (nSPS) is 11.4. The Morgan fingerprint density at radius 2 is 1.77 bits per heavy atom. The fourth-order valence-electron chi connectivity index (χ4n) is 3.41. The molecule has 31 heavy (non-hydrogen) atoms. The number of aliphatic hydroxyl groups excluding tert-OH is 1. The summed E-state index contributed by atoms with van der Waals surface area (Å²) in [5.74, 6) is -0.195. The van der Waals surface area contributed by atoms with Crippen molar-refractivity contribution < 1.29 is 15.0 Å². The molecule has 2 N–H and O–H groups in total. The van der Waals surface area contributed by atoms with Gasteiger partial charge in [-0.2, -0.15) is 0 Å². The summed E-state index contributed by atoms with van der Waals surface area (Å²) in [6.45, 7) is 2.04. The summed E-state index contributed by atoms with van der Waals surface area (Å²) in [6, 6.07) is 18.3. The Morgan fingerprint density at radius 1 is 1.00 bits per heavy atom. The van der Waals surface area contributed by atoms with Gasteiger partial charge in [0.2, 0.25) is 0 Å². The number of carbonyl (C=O) groups excluding carboxylic acids is 1. The molecule has 0 saturated heterocycles. The topological polar surface area (TPSA) is 88.2 Å². The van der Waals surface area contributed by atoms with Crippen LogP contribution in [0.15, 0.2) is 66.7 Å². The van der Waals surface area contributed by atoms with E-state index in [-0.39, 0.29) is 18.1 Å². The van der Waals surface area contributed by atoms with E-state index in [1.807, 2.05) is 24.3 Å². The van der Waals surface area contributed by atoms with Crippen LogP contribution in [-0.2, 0) is 12.8 Å². The van der Waals surface area contributed by atoms with Gasteiger partial charge in [-0.1, -0.05) is 43.3 Å². The number of nitrogens with zero attached hydrogens (tertiary/aromatic N) is 3. The molecule has 6 heteroatoms. The Labute approximate surface area is 180 Å². The van der Waals surface area contributed by atoms with Gasteiger partial charge in [-0.3, -0.25) is 4.79 Å². The van der Waals surface area contributed by atoms with E-state index < -0.39 is 0 Å². The van der Waals surface area contributed by atoms with Gasteiger partial charge in [0.05, 0.1) is 0 Å². The van der Waals surface area contributed by atoms with Crippen molar-refractivity contribution in [3.63, 3.8) is 0 Å². The maximum absolute atomic E-state index is 12.4. The molecule has 0 aliphatic carbocycles. The molecule has 0 spiro atoms. The number of hydrogen-bond acceptors (Lipinski definition) is 5. The molecule has 1 heterocycles. The number of aromatic hydroxyl groups is 1. The van der Waals surface area contributed by atoms with Crippen LogP contribution in [0.2, 0.25) is 0 Å². The van der Waals surface area contributed by atoms with Gasteiger partial charge in [0.15, 0.2) is 5.78 Å². The maximum Gasteiger partial charge on any atom is 0.185 e. The van der Waals surface area contributed by atoms with Gasteiger partial charge < -0.3 is 10.2 Å². The zero-order valence-corrected chi connectivity index (χ0v) is 17.2. The molecule has 3 aromatic carbocycles. The number of allylic oxidation sites excluding steroid dienone is 1. The minimum absolute atomic E-state index is 0.0326. The van der Waals surface area contributed by atoms with Crippen molar-refractivity contribution in [3.8, 4) is 11.4 Å². The fraction of sp³-hybridized carbons (Fsp3) is 0.160. The highest BCUT2D eigenvalue weighted by Crippen LogP contribution is 2.30. The lowest BCUT2D eigenvalue weighted by molar-refractivity contribution is 0.104. The standard InChI is InChI=1S/C25H23N3O3/c1-2-17-8-10-21-22(15-17)27-28(26-21)23-16-18(12-13-29)14-20(25(23)31)9-11-24(30)19-6-4-3-5-7-19/h3-11,14-16,29,31H,2,12-13H2,1H3. The number of rotatable bonds is 7. The van der Waals surface area contributed by atoms with Crippen molar-refractivity contribution in [2.75, 3.05) is 6.61 Å². The second-order valence-electron chi connectivity index (χ2n) is 7.26. The van der Waals surface area contributed by atoms with E-state index in [2.05, 4.69) is 17.1 Å². The van der Waals surface area contributed by atoms with Gasteiger partial charge in [0.1, 0.15) is 22.5 Å². The van der Waals surface area contributed by atoms with Gasteiger partial charge in [-0.25, -0.2) is 0 Å². The number of aromatic nitrogens is 3. The quantitative estimate of drug-likeness (QED) is 0.351. The second-order valence-corrected chi connectivity index (χ2v) is 7.26. The Hall–Kier alpha value is -3.77. The molecule has 0 aliphatic rings. The SMILES string of the molecule is CCc1ccc2nn(-c3cc(CCO)cc(C=CC(=O)c4ccccc4)c3O)nc2c1.